The Balaban J connectivity index is 4.98. The minimum absolute atomic E-state index is 0.0254. The largest absolute Gasteiger partial charge is 0.756 e. The zero-order chi connectivity index (χ0) is 63.5. The highest BCUT2D eigenvalue weighted by atomic mass is 31.2. The Bertz CT molecular complexity index is 1760. The van der Waals surface area contributed by atoms with Crippen molar-refractivity contribution in [3.63, 3.8) is 0 Å². The van der Waals surface area contributed by atoms with E-state index in [-0.39, 0.29) is 24.9 Å². The van der Waals surface area contributed by atoms with Crippen LogP contribution in [0, 0.1) is 0 Å². The number of amides is 1. The van der Waals surface area contributed by atoms with Gasteiger partial charge in [-0.3, -0.25) is 14.2 Å². The molecule has 0 aromatic rings. The maximum Gasteiger partial charge on any atom is 0.306 e. The van der Waals surface area contributed by atoms with Crippen LogP contribution in [0.2, 0.25) is 0 Å². The molecule has 0 aliphatic heterocycles. The van der Waals surface area contributed by atoms with Crippen LogP contribution in [0.1, 0.15) is 342 Å². The normalized spacial score (nSPS) is 14.0. The molecule has 506 valence electrons. The number of nitrogens with one attached hydrogen (secondary N) is 1. The second-order valence-electron chi connectivity index (χ2n) is 26.1. The summed E-state index contributed by atoms with van der Waals surface area (Å²) in [5.74, 6) is -0.539. The first-order valence-corrected chi connectivity index (χ1v) is 38.4. The Morgan fingerprint density at radius 3 is 1.11 bits per heavy atom. The predicted molar refractivity (Wildman–Crippen MR) is 376 cm³/mol. The van der Waals surface area contributed by atoms with Gasteiger partial charge in [0, 0.05) is 12.8 Å². The number of quaternary nitrogens is 1. The molecule has 0 saturated heterocycles. The van der Waals surface area contributed by atoms with Crippen molar-refractivity contribution in [3.05, 3.63) is 85.1 Å². The van der Waals surface area contributed by atoms with E-state index in [1.54, 1.807) is 0 Å². The van der Waals surface area contributed by atoms with Gasteiger partial charge in [0.1, 0.15) is 19.3 Å². The summed E-state index contributed by atoms with van der Waals surface area (Å²) in [5, 5.41) is 3.04. The fourth-order valence-electron chi connectivity index (χ4n) is 10.7. The molecule has 0 fully saturated rings. The third kappa shape index (κ3) is 67.4. The van der Waals surface area contributed by atoms with Crippen molar-refractivity contribution in [2.24, 2.45) is 0 Å². The molecule has 9 nitrogen and oxygen atoms in total. The molecule has 0 saturated carbocycles. The lowest BCUT2D eigenvalue weighted by atomic mass is 10.0. The number of phosphoric acid groups is 1. The van der Waals surface area contributed by atoms with Crippen LogP contribution in [0.25, 0.3) is 0 Å². The van der Waals surface area contributed by atoms with Gasteiger partial charge >= 0.3 is 5.97 Å². The Morgan fingerprint density at radius 1 is 0.414 bits per heavy atom. The van der Waals surface area contributed by atoms with Gasteiger partial charge in [-0.1, -0.05) is 312 Å². The Kier molecular flexibility index (Phi) is 64.0. The zero-order valence-electron chi connectivity index (χ0n) is 58.0. The third-order valence-electron chi connectivity index (χ3n) is 16.3. The average Bonchev–Trinajstić information content (AvgIpc) is 3.70. The maximum atomic E-state index is 13.6. The molecular weight excluding hydrogens is 1100 g/mol. The zero-order valence-corrected chi connectivity index (χ0v) is 58.9. The Labute approximate surface area is 539 Å². The molecule has 0 bridgehead atoms. The summed E-state index contributed by atoms with van der Waals surface area (Å²) in [4.78, 5) is 40.2. The van der Waals surface area contributed by atoms with E-state index in [2.05, 4.69) is 99.0 Å². The number of carbonyl (C=O) groups excluding carboxylic acids is 2. The lowest BCUT2D eigenvalue weighted by Crippen LogP contribution is -2.47. The van der Waals surface area contributed by atoms with Crippen LogP contribution < -0.4 is 10.2 Å². The molecule has 0 rings (SSSR count). The smallest absolute Gasteiger partial charge is 0.306 e. The van der Waals surface area contributed by atoms with E-state index in [4.69, 9.17) is 13.8 Å². The SMILES string of the molecule is CC/C=C\C/C=C\C/C=C\C/C=C\C/C=C\CCCCCCCCCCCC(=O)NC(COP(=O)([O-])OCC[N+](C)(C)C)C(/C=C/CCCCCCCCCCC)OC(=O)CCCCCCCCCCCCCCCCC/C=C/CCCCCCCC. The molecular formula is C77H141N2O7P. The highest BCUT2D eigenvalue weighted by Gasteiger charge is 2.27. The highest BCUT2D eigenvalue weighted by molar-refractivity contribution is 7.45. The summed E-state index contributed by atoms with van der Waals surface area (Å²) >= 11 is 0. The molecule has 1 N–H and O–H groups in total. The van der Waals surface area contributed by atoms with Gasteiger partial charge in [-0.2, -0.15) is 0 Å². The summed E-state index contributed by atoms with van der Waals surface area (Å²) in [6.45, 7) is 6.75. The monoisotopic (exact) mass is 1240 g/mol. The quantitative estimate of drug-likeness (QED) is 0.0212. The van der Waals surface area contributed by atoms with E-state index >= 15 is 0 Å². The number of esters is 1. The fourth-order valence-corrected chi connectivity index (χ4v) is 11.4. The third-order valence-corrected chi connectivity index (χ3v) is 17.3. The van der Waals surface area contributed by atoms with E-state index in [1.807, 2.05) is 33.3 Å². The van der Waals surface area contributed by atoms with Crippen LogP contribution in [0.5, 0.6) is 0 Å². The number of ether oxygens (including phenoxy) is 1. The average molecular weight is 1240 g/mol. The molecule has 3 atom stereocenters. The Morgan fingerprint density at radius 2 is 0.736 bits per heavy atom. The number of hydrogen-bond donors (Lipinski definition) is 1. The van der Waals surface area contributed by atoms with Crippen LogP contribution in [0.4, 0.5) is 0 Å². The molecule has 0 aliphatic rings. The van der Waals surface area contributed by atoms with Gasteiger partial charge in [0.25, 0.3) is 7.82 Å². The Hall–Kier alpha value is -2.81. The number of phosphoric ester groups is 1. The molecule has 0 aromatic carbocycles. The van der Waals surface area contributed by atoms with Crippen molar-refractivity contribution in [3.8, 4) is 0 Å². The number of unbranched alkanes of at least 4 members (excludes halogenated alkanes) is 39. The first-order chi connectivity index (χ1) is 42.4. The number of carbonyl (C=O) groups is 2. The maximum absolute atomic E-state index is 13.6. The minimum atomic E-state index is -4.71. The van der Waals surface area contributed by atoms with Crippen molar-refractivity contribution in [2.45, 2.75) is 354 Å². The van der Waals surface area contributed by atoms with E-state index in [9.17, 15) is 19.0 Å². The summed E-state index contributed by atoms with van der Waals surface area (Å²) in [6, 6.07) is -0.895. The van der Waals surface area contributed by atoms with Crippen molar-refractivity contribution >= 4 is 19.7 Å². The van der Waals surface area contributed by atoms with Crippen LogP contribution in [-0.4, -0.2) is 69.4 Å². The van der Waals surface area contributed by atoms with Crippen LogP contribution >= 0.6 is 7.82 Å². The van der Waals surface area contributed by atoms with Gasteiger partial charge in [0.05, 0.1) is 33.8 Å². The van der Waals surface area contributed by atoms with Gasteiger partial charge in [0.15, 0.2) is 0 Å². The van der Waals surface area contributed by atoms with Gasteiger partial charge in [-0.05, 0) is 102 Å². The molecule has 3 unspecified atom stereocenters. The lowest BCUT2D eigenvalue weighted by Gasteiger charge is -2.30. The topological polar surface area (TPSA) is 114 Å². The summed E-state index contributed by atoms with van der Waals surface area (Å²) < 4.78 is 30.5. The lowest BCUT2D eigenvalue weighted by molar-refractivity contribution is -0.870. The molecule has 10 heteroatoms. The number of hydrogen-bond acceptors (Lipinski definition) is 7. The van der Waals surface area contributed by atoms with Gasteiger partial charge < -0.3 is 28.5 Å². The first-order valence-electron chi connectivity index (χ1n) is 36.9. The van der Waals surface area contributed by atoms with Gasteiger partial charge in [-0.15, -0.1) is 0 Å². The molecule has 87 heavy (non-hydrogen) atoms. The van der Waals surface area contributed by atoms with Crippen molar-refractivity contribution < 1.29 is 37.3 Å². The summed E-state index contributed by atoms with van der Waals surface area (Å²) in [7, 11) is 1.18. The fraction of sp³-hybridized carbons (Fsp3) is 0.792. The van der Waals surface area contributed by atoms with Crippen molar-refractivity contribution in [1.82, 2.24) is 5.32 Å². The van der Waals surface area contributed by atoms with Crippen LogP contribution in [0.3, 0.4) is 0 Å². The van der Waals surface area contributed by atoms with Crippen LogP contribution in [-0.2, 0) is 27.9 Å². The van der Waals surface area contributed by atoms with E-state index < -0.39 is 26.6 Å². The number of likely N-dealkylation sites (N-methyl/N-ethyl adjacent to an activating group) is 1. The number of allylic oxidation sites excluding steroid dienone is 13. The van der Waals surface area contributed by atoms with Crippen molar-refractivity contribution in [1.29, 1.82) is 0 Å². The molecule has 0 spiro atoms. The number of nitrogens with zero attached hydrogens (tertiary/aromatic N) is 1. The molecule has 0 aromatic heterocycles. The van der Waals surface area contributed by atoms with Gasteiger partial charge in [-0.25, -0.2) is 0 Å². The predicted octanol–water partition coefficient (Wildman–Crippen LogP) is 23.0. The summed E-state index contributed by atoms with van der Waals surface area (Å²) in [6.07, 6.45) is 88.6. The van der Waals surface area contributed by atoms with Gasteiger partial charge in [0.2, 0.25) is 5.91 Å². The second kappa shape index (κ2) is 66.1. The standard InChI is InChI=1S/C77H141N2O7P/c1-7-10-13-16-19-22-25-27-29-31-33-35-37-39-41-43-45-47-49-51-54-57-60-63-66-69-76(80)78-74(73-85-87(82,83)84-72-71-79(4,5)6)75(68-65-62-59-56-53-24-21-18-15-12-9-3)86-77(81)70-67-64-61-58-55-52-50-48-46-44-42-40-38-36-34-32-30-28-26-23-20-17-14-11-8-2/h10,13,19,22,27-30,33,35,39,41,65,68,74-75H,7-9,11-12,14-18,20-21,23-26,31-32,34,36-38,40,42-64,66-67,69-73H2,1-6H3,(H-,78,80,82,83)/b13-10-,22-19-,29-27-,30-28+,35-33-,41-39-,68-65+. The number of rotatable bonds is 67. The highest BCUT2D eigenvalue weighted by Crippen LogP contribution is 2.38. The van der Waals surface area contributed by atoms with Crippen LogP contribution in [0.15, 0.2) is 85.1 Å². The van der Waals surface area contributed by atoms with E-state index in [0.29, 0.717) is 17.4 Å². The van der Waals surface area contributed by atoms with E-state index in [0.717, 1.165) is 103 Å². The molecule has 0 heterocycles. The summed E-state index contributed by atoms with van der Waals surface area (Å²) in [5.41, 5.74) is 0. The second-order valence-corrected chi connectivity index (χ2v) is 27.5. The molecule has 1 amide bonds. The van der Waals surface area contributed by atoms with Crippen molar-refractivity contribution in [2.75, 3.05) is 40.9 Å². The first kappa shape index (κ1) is 84.2. The minimum Gasteiger partial charge on any atom is -0.756 e. The molecule has 0 aliphatic carbocycles. The van der Waals surface area contributed by atoms with E-state index in [1.165, 1.54) is 205 Å². The molecule has 0 radical (unpaired) electrons.